The van der Waals surface area contributed by atoms with Crippen LogP contribution < -0.4 is 18.9 Å². The van der Waals surface area contributed by atoms with Crippen LogP contribution in [0.3, 0.4) is 0 Å². The van der Waals surface area contributed by atoms with Crippen LogP contribution in [0.2, 0.25) is 0 Å². The number of rotatable bonds is 7. The quantitative estimate of drug-likeness (QED) is 0.508. The maximum absolute atomic E-state index is 12.3. The fourth-order valence-corrected chi connectivity index (χ4v) is 6.62. The molecule has 0 unspecified atom stereocenters. The van der Waals surface area contributed by atoms with Crippen molar-refractivity contribution >= 4 is 5.97 Å². The first-order chi connectivity index (χ1) is 18.4. The molecule has 38 heavy (non-hydrogen) atoms. The van der Waals surface area contributed by atoms with Gasteiger partial charge in [-0.2, -0.15) is 5.26 Å². The van der Waals surface area contributed by atoms with Crippen molar-refractivity contribution in [3.8, 4) is 29.1 Å². The van der Waals surface area contributed by atoms with Crippen molar-refractivity contribution in [3.63, 3.8) is 0 Å². The number of likely N-dealkylation sites (N-methyl/N-ethyl adjacent to an activating group) is 1. The highest BCUT2D eigenvalue weighted by Gasteiger charge is 2.54. The molecule has 0 amide bonds. The molecule has 2 aromatic carbocycles. The molecule has 9 nitrogen and oxygen atoms in total. The Morgan fingerprint density at radius 2 is 1.42 bits per heavy atom. The van der Waals surface area contributed by atoms with Crippen molar-refractivity contribution < 1.29 is 28.5 Å². The van der Waals surface area contributed by atoms with E-state index >= 15 is 0 Å². The topological polar surface area (TPSA) is 93.5 Å². The van der Waals surface area contributed by atoms with Gasteiger partial charge in [0.1, 0.15) is 12.6 Å². The Bertz CT molecular complexity index is 1270. The highest BCUT2D eigenvalue weighted by Crippen LogP contribution is 2.52. The maximum atomic E-state index is 12.3. The van der Waals surface area contributed by atoms with Crippen molar-refractivity contribution in [1.29, 1.82) is 5.26 Å². The van der Waals surface area contributed by atoms with Gasteiger partial charge in [0.2, 0.25) is 0 Å². The number of piperazine rings is 1. The summed E-state index contributed by atoms with van der Waals surface area (Å²) in [6.45, 7) is 1.94. The predicted molar refractivity (Wildman–Crippen MR) is 140 cm³/mol. The van der Waals surface area contributed by atoms with Gasteiger partial charge in [0.05, 0.1) is 46.6 Å². The molecule has 3 aliphatic heterocycles. The molecule has 5 atom stereocenters. The Balaban J connectivity index is 1.69. The van der Waals surface area contributed by atoms with Crippen LogP contribution in [0.25, 0.3) is 0 Å². The standard InChI is InChI=1S/C29H35N3O6/c1-7-28(33)38-15-23-18-12-26(36-5)24(34-3)10-16(18)9-21-29-19-13-27(37-6)25(35-4)11-17(19)8-20(31(29)2)22(14-30)32(21)23/h10-13,20-23,29H,7-9,15H2,1-6H3/t20-,21-,22-,23-,29+/m0/s1. The third-order valence-corrected chi connectivity index (χ3v) is 8.40. The van der Waals surface area contributed by atoms with E-state index in [1.165, 1.54) is 11.1 Å². The van der Waals surface area contributed by atoms with Gasteiger partial charge in [0.25, 0.3) is 0 Å². The van der Waals surface area contributed by atoms with E-state index in [-0.39, 0.29) is 36.7 Å². The molecule has 0 aliphatic carbocycles. The van der Waals surface area contributed by atoms with Crippen LogP contribution in [0.4, 0.5) is 0 Å². The summed E-state index contributed by atoms with van der Waals surface area (Å²) in [5, 5.41) is 10.5. The van der Waals surface area contributed by atoms with Crippen LogP contribution >= 0.6 is 0 Å². The number of carbonyl (C=O) groups is 1. The molecule has 1 saturated heterocycles. The van der Waals surface area contributed by atoms with Gasteiger partial charge in [0, 0.05) is 18.5 Å². The number of hydrogen-bond acceptors (Lipinski definition) is 9. The zero-order chi connectivity index (χ0) is 27.1. The average Bonchev–Trinajstić information content (AvgIpc) is 2.94. The van der Waals surface area contributed by atoms with Gasteiger partial charge >= 0.3 is 5.97 Å². The Morgan fingerprint density at radius 1 is 0.895 bits per heavy atom. The number of carbonyl (C=O) groups excluding carboxylic acids is 1. The van der Waals surface area contributed by atoms with E-state index in [0.717, 1.165) is 11.1 Å². The summed E-state index contributed by atoms with van der Waals surface area (Å²) in [6, 6.07) is 9.93. The lowest BCUT2D eigenvalue weighted by Crippen LogP contribution is -2.68. The second kappa shape index (κ2) is 10.4. The molecule has 3 heterocycles. The average molecular weight is 522 g/mol. The molecule has 202 valence electrons. The maximum Gasteiger partial charge on any atom is 0.305 e. The minimum Gasteiger partial charge on any atom is -0.493 e. The third kappa shape index (κ3) is 4.03. The molecular formula is C29H35N3O6. The molecule has 1 fully saturated rings. The second-order valence-corrected chi connectivity index (χ2v) is 10.0. The van der Waals surface area contributed by atoms with Crippen LogP contribution in [-0.2, 0) is 22.4 Å². The number of methoxy groups -OCH3 is 4. The third-order valence-electron chi connectivity index (χ3n) is 8.40. The Kier molecular flexibility index (Phi) is 7.12. The summed E-state index contributed by atoms with van der Waals surface area (Å²) < 4.78 is 28.2. The van der Waals surface area contributed by atoms with Crippen molar-refractivity contribution in [2.45, 2.75) is 56.4 Å². The molecule has 0 saturated carbocycles. The summed E-state index contributed by atoms with van der Waals surface area (Å²) in [4.78, 5) is 16.9. The Hall–Kier alpha value is -3.48. The molecule has 0 N–H and O–H groups in total. The number of nitriles is 1. The smallest absolute Gasteiger partial charge is 0.305 e. The van der Waals surface area contributed by atoms with Gasteiger partial charge in [0.15, 0.2) is 23.0 Å². The first-order valence-corrected chi connectivity index (χ1v) is 12.9. The highest BCUT2D eigenvalue weighted by atomic mass is 16.5. The number of fused-ring (bicyclic) bond motifs is 7. The molecule has 0 aromatic heterocycles. The summed E-state index contributed by atoms with van der Waals surface area (Å²) >= 11 is 0. The van der Waals surface area contributed by atoms with Crippen LogP contribution in [-0.4, -0.2) is 76.0 Å². The lowest BCUT2D eigenvalue weighted by Gasteiger charge is -2.59. The Morgan fingerprint density at radius 3 is 1.97 bits per heavy atom. The van der Waals surface area contributed by atoms with E-state index in [1.807, 2.05) is 12.1 Å². The van der Waals surface area contributed by atoms with E-state index in [9.17, 15) is 10.1 Å². The minimum absolute atomic E-state index is 0.00113. The minimum atomic E-state index is -0.408. The lowest BCUT2D eigenvalue weighted by atomic mass is 9.72. The molecular weight excluding hydrogens is 486 g/mol. The Labute approximate surface area is 223 Å². The number of esters is 1. The zero-order valence-electron chi connectivity index (χ0n) is 22.8. The molecule has 5 rings (SSSR count). The van der Waals surface area contributed by atoms with Crippen LogP contribution in [0.15, 0.2) is 24.3 Å². The van der Waals surface area contributed by atoms with Gasteiger partial charge in [-0.3, -0.25) is 14.6 Å². The normalized spacial score (nSPS) is 25.8. The molecule has 2 aromatic rings. The molecule has 3 aliphatic rings. The van der Waals surface area contributed by atoms with Crippen LogP contribution in [0.1, 0.15) is 47.7 Å². The molecule has 2 bridgehead atoms. The fourth-order valence-electron chi connectivity index (χ4n) is 6.62. The van der Waals surface area contributed by atoms with Crippen LogP contribution in [0.5, 0.6) is 23.0 Å². The highest BCUT2D eigenvalue weighted by molar-refractivity contribution is 5.69. The largest absolute Gasteiger partial charge is 0.493 e. The predicted octanol–water partition coefficient (Wildman–Crippen LogP) is 3.45. The van der Waals surface area contributed by atoms with E-state index in [4.69, 9.17) is 23.7 Å². The van der Waals surface area contributed by atoms with Gasteiger partial charge in [-0.15, -0.1) is 0 Å². The summed E-state index contributed by atoms with van der Waals surface area (Å²) in [5.41, 5.74) is 4.43. The van der Waals surface area contributed by atoms with Gasteiger partial charge < -0.3 is 23.7 Å². The van der Waals surface area contributed by atoms with E-state index in [2.05, 4.69) is 35.0 Å². The molecule has 0 radical (unpaired) electrons. The lowest BCUT2D eigenvalue weighted by molar-refractivity contribution is -0.148. The molecule has 0 spiro atoms. The van der Waals surface area contributed by atoms with E-state index in [0.29, 0.717) is 42.3 Å². The summed E-state index contributed by atoms with van der Waals surface area (Å²) in [6.07, 6.45) is 1.69. The first-order valence-electron chi connectivity index (χ1n) is 12.9. The number of nitrogens with zero attached hydrogens (tertiary/aromatic N) is 3. The van der Waals surface area contributed by atoms with Crippen LogP contribution in [0, 0.1) is 11.3 Å². The zero-order valence-corrected chi connectivity index (χ0v) is 22.8. The van der Waals surface area contributed by atoms with Gasteiger partial charge in [-0.1, -0.05) is 6.92 Å². The van der Waals surface area contributed by atoms with Crippen molar-refractivity contribution in [2.24, 2.45) is 0 Å². The summed E-state index contributed by atoms with van der Waals surface area (Å²) in [7, 11) is 8.63. The number of ether oxygens (including phenoxy) is 5. The van der Waals surface area contributed by atoms with E-state index in [1.54, 1.807) is 35.4 Å². The SMILES string of the molecule is CCC(=O)OC[C@H]1c2cc(OC)c(OC)cc2C[C@H]2[C@H]3c4cc(OC)c(OC)cc4C[C@@H]([C@H](C#N)N12)N3C. The number of hydrogen-bond donors (Lipinski definition) is 0. The number of benzene rings is 2. The van der Waals surface area contributed by atoms with Gasteiger partial charge in [-0.25, -0.2) is 0 Å². The molecule has 9 heteroatoms. The monoisotopic (exact) mass is 521 g/mol. The van der Waals surface area contributed by atoms with Crippen molar-refractivity contribution in [1.82, 2.24) is 9.80 Å². The first kappa shape index (κ1) is 26.1. The van der Waals surface area contributed by atoms with E-state index < -0.39 is 6.04 Å². The van der Waals surface area contributed by atoms with Crippen molar-refractivity contribution in [3.05, 3.63) is 46.5 Å². The van der Waals surface area contributed by atoms with Gasteiger partial charge in [-0.05, 0) is 66.4 Å². The second-order valence-electron chi connectivity index (χ2n) is 10.0. The van der Waals surface area contributed by atoms with Crippen molar-refractivity contribution in [2.75, 3.05) is 42.1 Å². The fraction of sp³-hybridized carbons (Fsp3) is 0.517. The summed E-state index contributed by atoms with van der Waals surface area (Å²) in [5.74, 6) is 2.37.